The van der Waals surface area contributed by atoms with Gasteiger partial charge in [-0.3, -0.25) is 0 Å². The zero-order chi connectivity index (χ0) is 38.7. The van der Waals surface area contributed by atoms with E-state index in [2.05, 4.69) is 200 Å². The summed E-state index contributed by atoms with van der Waals surface area (Å²) in [4.78, 5) is 2.48. The third kappa shape index (κ3) is 5.28. The third-order valence-corrected chi connectivity index (χ3v) is 13.3. The van der Waals surface area contributed by atoms with E-state index in [9.17, 15) is 0 Å². The first-order chi connectivity index (χ1) is 26.8. The Kier molecular flexibility index (Phi) is 7.57. The van der Waals surface area contributed by atoms with Crippen molar-refractivity contribution in [3.63, 3.8) is 0 Å². The van der Waals surface area contributed by atoms with Crippen LogP contribution in [-0.2, 0) is 16.2 Å². The maximum Gasteiger partial charge on any atom is 0.137 e. The highest BCUT2D eigenvalue weighted by molar-refractivity contribution is 7.26. The molecule has 10 rings (SSSR count). The van der Waals surface area contributed by atoms with Crippen molar-refractivity contribution < 1.29 is 4.42 Å². The van der Waals surface area contributed by atoms with Crippen molar-refractivity contribution in [2.75, 3.05) is 4.90 Å². The molecule has 0 saturated carbocycles. The molecule has 7 aromatic carbocycles. The van der Waals surface area contributed by atoms with Gasteiger partial charge in [0.2, 0.25) is 0 Å². The molecule has 0 amide bonds. The van der Waals surface area contributed by atoms with Crippen molar-refractivity contribution in [1.29, 1.82) is 0 Å². The van der Waals surface area contributed by atoms with Crippen LogP contribution >= 0.6 is 11.3 Å². The Morgan fingerprint density at radius 1 is 0.554 bits per heavy atom. The van der Waals surface area contributed by atoms with E-state index in [0.717, 1.165) is 33.3 Å². The summed E-state index contributed by atoms with van der Waals surface area (Å²) in [6, 6.07) is 51.5. The van der Waals surface area contributed by atoms with Gasteiger partial charge in [-0.1, -0.05) is 140 Å². The van der Waals surface area contributed by atoms with Crippen molar-refractivity contribution in [2.24, 2.45) is 0 Å². The van der Waals surface area contributed by atoms with Crippen LogP contribution < -0.4 is 4.90 Å². The fraction of sp³-hybridized carbons (Fsp3) is 0.208. The second-order valence-corrected chi connectivity index (χ2v) is 19.3. The molecule has 0 radical (unpaired) electrons. The zero-order valence-corrected chi connectivity index (χ0v) is 34.4. The van der Waals surface area contributed by atoms with Crippen LogP contribution in [0.15, 0.2) is 144 Å². The highest BCUT2D eigenvalue weighted by Gasteiger charge is 2.39. The summed E-state index contributed by atoms with van der Waals surface area (Å²) in [5.74, 6) is 0. The number of fused-ring (bicyclic) bond motifs is 9. The van der Waals surface area contributed by atoms with Crippen LogP contribution in [0.3, 0.4) is 0 Å². The molecule has 2 heterocycles. The van der Waals surface area contributed by atoms with Crippen molar-refractivity contribution >= 4 is 70.5 Å². The van der Waals surface area contributed by atoms with Crippen LogP contribution in [0.1, 0.15) is 77.6 Å². The van der Waals surface area contributed by atoms with E-state index in [-0.39, 0.29) is 16.2 Å². The Morgan fingerprint density at radius 2 is 1.23 bits per heavy atom. The van der Waals surface area contributed by atoms with Gasteiger partial charge >= 0.3 is 0 Å². The summed E-state index contributed by atoms with van der Waals surface area (Å²) >= 11 is 1.96. The summed E-state index contributed by atoms with van der Waals surface area (Å²) in [5.41, 5.74) is 15.7. The lowest BCUT2D eigenvalue weighted by atomic mass is 9.79. The lowest BCUT2D eigenvalue weighted by Gasteiger charge is -2.29. The van der Waals surface area contributed by atoms with Crippen LogP contribution in [0.25, 0.3) is 64.4 Å². The maximum atomic E-state index is 6.49. The normalized spacial score (nSPS) is 13.9. The quantitative estimate of drug-likeness (QED) is 0.178. The molecular weight excluding hydrogens is 699 g/mol. The number of rotatable bonds is 4. The van der Waals surface area contributed by atoms with Gasteiger partial charge in [-0.2, -0.15) is 0 Å². The molecule has 276 valence electrons. The van der Waals surface area contributed by atoms with Crippen molar-refractivity contribution in [2.45, 2.75) is 71.6 Å². The first-order valence-electron chi connectivity index (χ1n) is 19.8. The molecule has 0 N–H and O–H groups in total. The number of benzene rings is 7. The lowest BCUT2D eigenvalue weighted by Crippen LogP contribution is -2.16. The van der Waals surface area contributed by atoms with E-state index in [4.69, 9.17) is 4.42 Å². The van der Waals surface area contributed by atoms with E-state index < -0.39 is 0 Å². The van der Waals surface area contributed by atoms with Crippen molar-refractivity contribution in [1.82, 2.24) is 0 Å². The second kappa shape index (κ2) is 12.2. The number of hydrogen-bond acceptors (Lipinski definition) is 3. The zero-order valence-electron chi connectivity index (χ0n) is 33.5. The SMILES string of the molecule is CC(C)(C)c1cc(C(C)(C)C)c2sc3cc4c(cc3c2c1)C(C)(C)c1cccc(N(c2ccc(-c3ccccc3)cc2)c2cccc3oc5ccccc5c23)c1-4. The van der Waals surface area contributed by atoms with E-state index in [1.807, 2.05) is 11.3 Å². The minimum atomic E-state index is -0.200. The number of thiophene rings is 1. The molecule has 9 aromatic rings. The molecule has 0 atom stereocenters. The molecule has 0 spiro atoms. The lowest BCUT2D eigenvalue weighted by molar-refractivity contribution is 0.573. The van der Waals surface area contributed by atoms with Crippen LogP contribution in [0.5, 0.6) is 0 Å². The third-order valence-electron chi connectivity index (χ3n) is 12.1. The molecule has 3 heteroatoms. The summed E-state index contributed by atoms with van der Waals surface area (Å²) in [6.07, 6.45) is 0. The highest BCUT2D eigenvalue weighted by Crippen LogP contribution is 2.57. The minimum Gasteiger partial charge on any atom is -0.456 e. The van der Waals surface area contributed by atoms with Crippen LogP contribution in [0, 0.1) is 0 Å². The Morgan fingerprint density at radius 3 is 1.98 bits per heavy atom. The summed E-state index contributed by atoms with van der Waals surface area (Å²) in [5, 5.41) is 4.99. The van der Waals surface area contributed by atoms with Crippen LogP contribution in [0.4, 0.5) is 17.1 Å². The largest absolute Gasteiger partial charge is 0.456 e. The molecule has 0 saturated heterocycles. The first kappa shape index (κ1) is 34.8. The summed E-state index contributed by atoms with van der Waals surface area (Å²) in [7, 11) is 0. The first-order valence-corrected chi connectivity index (χ1v) is 20.7. The standard InChI is InChI=1S/C53H47NOS/c1-51(2,3)34-28-38-37-30-41-39(31-47(37)56-50(38)42(29-34)52(4,5)6)48-40(53(41,7)8)19-14-20-43(48)54(35-26-24-33(25-27-35)32-16-10-9-11-17-32)44-21-15-23-46-49(44)36-18-12-13-22-45(36)55-46/h9-31H,1-8H3. The van der Waals surface area contributed by atoms with Gasteiger partial charge in [-0.05, 0) is 104 Å². The average Bonchev–Trinajstić information content (AvgIpc) is 3.81. The molecular formula is C53H47NOS. The molecule has 56 heavy (non-hydrogen) atoms. The number of anilines is 3. The van der Waals surface area contributed by atoms with E-state index >= 15 is 0 Å². The van der Waals surface area contributed by atoms with Crippen LogP contribution in [0.2, 0.25) is 0 Å². The minimum absolute atomic E-state index is 0.0248. The van der Waals surface area contributed by atoms with Gasteiger partial charge < -0.3 is 9.32 Å². The van der Waals surface area contributed by atoms with Gasteiger partial charge in [0.25, 0.3) is 0 Å². The number of para-hydroxylation sites is 1. The van der Waals surface area contributed by atoms with Crippen molar-refractivity contribution in [3.8, 4) is 22.3 Å². The fourth-order valence-corrected chi connectivity index (χ4v) is 10.5. The monoisotopic (exact) mass is 745 g/mol. The van der Waals surface area contributed by atoms with Gasteiger partial charge in [-0.15, -0.1) is 11.3 Å². The van der Waals surface area contributed by atoms with Gasteiger partial charge in [0.1, 0.15) is 11.2 Å². The molecule has 0 aliphatic heterocycles. The van der Waals surface area contributed by atoms with E-state index in [1.165, 1.54) is 70.4 Å². The van der Waals surface area contributed by atoms with Gasteiger partial charge in [0.05, 0.1) is 16.8 Å². The molecule has 0 bridgehead atoms. The smallest absolute Gasteiger partial charge is 0.137 e. The molecule has 0 fully saturated rings. The second-order valence-electron chi connectivity index (χ2n) is 18.2. The molecule has 1 aliphatic carbocycles. The van der Waals surface area contributed by atoms with Gasteiger partial charge in [-0.25, -0.2) is 0 Å². The van der Waals surface area contributed by atoms with E-state index in [0.29, 0.717) is 0 Å². The number of hydrogen-bond donors (Lipinski definition) is 0. The fourth-order valence-electron chi connectivity index (χ4n) is 9.10. The molecule has 0 unspecified atom stereocenters. The summed E-state index contributed by atoms with van der Waals surface area (Å²) in [6.45, 7) is 18.9. The maximum absolute atomic E-state index is 6.49. The molecule has 2 nitrogen and oxygen atoms in total. The van der Waals surface area contributed by atoms with Crippen LogP contribution in [-0.4, -0.2) is 0 Å². The highest BCUT2D eigenvalue weighted by atomic mass is 32.1. The predicted molar refractivity (Wildman–Crippen MR) is 242 cm³/mol. The number of nitrogens with zero attached hydrogens (tertiary/aromatic N) is 1. The Hall–Kier alpha value is -5.64. The van der Waals surface area contributed by atoms with Gasteiger partial charge in [0.15, 0.2) is 0 Å². The van der Waals surface area contributed by atoms with E-state index in [1.54, 1.807) is 0 Å². The Bertz CT molecular complexity index is 3000. The Balaban J connectivity index is 1.25. The average molecular weight is 746 g/mol. The predicted octanol–water partition coefficient (Wildman–Crippen LogP) is 16.0. The summed E-state index contributed by atoms with van der Waals surface area (Å²) < 4.78 is 9.24. The molecule has 2 aromatic heterocycles. The van der Waals surface area contributed by atoms with Crippen molar-refractivity contribution in [3.05, 3.63) is 162 Å². The number of furan rings is 1. The topological polar surface area (TPSA) is 16.4 Å². The molecule has 1 aliphatic rings. The van der Waals surface area contributed by atoms with Gasteiger partial charge in [0, 0.05) is 42.2 Å². The Labute approximate surface area is 334 Å².